The second-order valence-corrected chi connectivity index (χ2v) is 5.17. The predicted molar refractivity (Wildman–Crippen MR) is 74.2 cm³/mol. The van der Waals surface area contributed by atoms with E-state index in [0.29, 0.717) is 12.8 Å². The Kier molecular flexibility index (Phi) is 5.30. The molecule has 1 aliphatic rings. The number of aliphatic carboxylic acids is 1. The molecule has 1 fully saturated rings. The molecule has 112 valence electrons. The fraction of sp³-hybridized carbons (Fsp3) is 0.643. The molecule has 3 amide bonds. The monoisotopic (exact) mass is 282 g/mol. The maximum Gasteiger partial charge on any atom is 0.331 e. The predicted octanol–water partition coefficient (Wildman–Crippen LogP) is 1.91. The molecule has 0 aliphatic carbocycles. The summed E-state index contributed by atoms with van der Waals surface area (Å²) in [7, 11) is 0. The van der Waals surface area contributed by atoms with Gasteiger partial charge in [0.15, 0.2) is 0 Å². The van der Waals surface area contributed by atoms with Crippen LogP contribution in [0.15, 0.2) is 11.6 Å². The third-order valence-corrected chi connectivity index (χ3v) is 3.55. The Bertz CT molecular complexity index is 444. The number of hydrogen-bond acceptors (Lipinski definition) is 3. The molecular weight excluding hydrogens is 260 g/mol. The number of unbranched alkanes of at least 4 members (excludes halogenated alkanes) is 1. The minimum absolute atomic E-state index is 0.00184. The molecule has 1 saturated heterocycles. The van der Waals surface area contributed by atoms with E-state index in [1.807, 2.05) is 6.92 Å². The summed E-state index contributed by atoms with van der Waals surface area (Å²) in [5.74, 6) is -1.30. The summed E-state index contributed by atoms with van der Waals surface area (Å²) >= 11 is 0. The van der Waals surface area contributed by atoms with Gasteiger partial charge in [-0.05, 0) is 19.8 Å². The number of nitrogens with one attached hydrogen (secondary N) is 1. The van der Waals surface area contributed by atoms with Gasteiger partial charge in [-0.3, -0.25) is 9.69 Å². The Balaban J connectivity index is 2.80. The molecule has 20 heavy (non-hydrogen) atoms. The Morgan fingerprint density at radius 2 is 2.05 bits per heavy atom. The van der Waals surface area contributed by atoms with Crippen molar-refractivity contribution in [2.45, 2.75) is 52.0 Å². The minimum Gasteiger partial charge on any atom is -0.478 e. The summed E-state index contributed by atoms with van der Waals surface area (Å²) in [6.07, 6.45) is 4.16. The number of carboxylic acid groups (broad SMARTS) is 1. The molecule has 0 radical (unpaired) electrons. The standard InChI is InChI=1S/C14H22N2O4/c1-4-6-8-14(3)12(19)16(13(20)15-14)9-7-10(5-2)11(17)18/h7H,4-6,8-9H2,1-3H3,(H,15,20)(H,17,18). The maximum atomic E-state index is 12.3. The van der Waals surface area contributed by atoms with Gasteiger partial charge in [0.25, 0.3) is 5.91 Å². The molecule has 0 aromatic rings. The fourth-order valence-corrected chi connectivity index (χ4v) is 2.20. The number of urea groups is 1. The molecule has 0 saturated carbocycles. The summed E-state index contributed by atoms with van der Waals surface area (Å²) in [5, 5.41) is 11.6. The minimum atomic E-state index is -1.02. The summed E-state index contributed by atoms with van der Waals surface area (Å²) in [4.78, 5) is 36.1. The number of rotatable bonds is 7. The highest BCUT2D eigenvalue weighted by atomic mass is 16.4. The van der Waals surface area contributed by atoms with Crippen LogP contribution in [0.4, 0.5) is 4.79 Å². The Labute approximate surface area is 118 Å². The van der Waals surface area contributed by atoms with Crippen LogP contribution in [0.5, 0.6) is 0 Å². The summed E-state index contributed by atoms with van der Waals surface area (Å²) < 4.78 is 0. The van der Waals surface area contributed by atoms with Crippen molar-refractivity contribution in [2.75, 3.05) is 6.54 Å². The van der Waals surface area contributed by atoms with Crippen LogP contribution in [-0.4, -0.2) is 40.0 Å². The number of nitrogens with zero attached hydrogens (tertiary/aromatic N) is 1. The molecule has 6 heteroatoms. The van der Waals surface area contributed by atoms with Gasteiger partial charge in [0.1, 0.15) is 5.54 Å². The normalized spacial score (nSPS) is 23.1. The first-order valence-corrected chi connectivity index (χ1v) is 6.92. The van der Waals surface area contributed by atoms with Crippen LogP contribution in [0.3, 0.4) is 0 Å². The molecule has 1 rings (SSSR count). The molecule has 2 N–H and O–H groups in total. The van der Waals surface area contributed by atoms with Crippen molar-refractivity contribution >= 4 is 17.9 Å². The van der Waals surface area contributed by atoms with Gasteiger partial charge in [-0.1, -0.05) is 32.8 Å². The third-order valence-electron chi connectivity index (χ3n) is 3.55. The summed E-state index contributed by atoms with van der Waals surface area (Å²) in [5.41, 5.74) is -0.663. The van der Waals surface area contributed by atoms with Gasteiger partial charge in [0, 0.05) is 12.1 Å². The lowest BCUT2D eigenvalue weighted by atomic mass is 9.95. The molecule has 1 heterocycles. The summed E-state index contributed by atoms with van der Waals surface area (Å²) in [6.45, 7) is 5.45. The lowest BCUT2D eigenvalue weighted by molar-refractivity contribution is -0.133. The zero-order chi connectivity index (χ0) is 15.3. The van der Waals surface area contributed by atoms with Crippen molar-refractivity contribution in [3.8, 4) is 0 Å². The zero-order valence-corrected chi connectivity index (χ0v) is 12.2. The van der Waals surface area contributed by atoms with Gasteiger partial charge in [0.05, 0.1) is 0 Å². The smallest absolute Gasteiger partial charge is 0.331 e. The first-order valence-electron chi connectivity index (χ1n) is 6.92. The molecule has 1 aliphatic heterocycles. The average molecular weight is 282 g/mol. The summed E-state index contributed by atoms with van der Waals surface area (Å²) in [6, 6.07) is -0.453. The van der Waals surface area contributed by atoms with Gasteiger partial charge in [-0.25, -0.2) is 9.59 Å². The van der Waals surface area contributed by atoms with E-state index in [9.17, 15) is 14.4 Å². The lowest BCUT2D eigenvalue weighted by Gasteiger charge is -2.20. The van der Waals surface area contributed by atoms with Gasteiger partial charge < -0.3 is 10.4 Å². The van der Waals surface area contributed by atoms with Gasteiger partial charge >= 0.3 is 12.0 Å². The topological polar surface area (TPSA) is 86.7 Å². The van der Waals surface area contributed by atoms with Gasteiger partial charge in [0.2, 0.25) is 0 Å². The van der Waals surface area contributed by atoms with Crippen LogP contribution in [0.2, 0.25) is 0 Å². The highest BCUT2D eigenvalue weighted by Crippen LogP contribution is 2.23. The number of carbonyl (C=O) groups is 3. The second-order valence-electron chi connectivity index (χ2n) is 5.17. The maximum absolute atomic E-state index is 12.3. The number of carboxylic acids is 1. The Morgan fingerprint density at radius 1 is 1.40 bits per heavy atom. The van der Waals surface area contributed by atoms with Crippen molar-refractivity contribution in [1.82, 2.24) is 10.2 Å². The molecule has 0 aromatic heterocycles. The molecule has 0 bridgehead atoms. The molecule has 0 spiro atoms. The second kappa shape index (κ2) is 6.54. The van der Waals surface area contributed by atoms with E-state index < -0.39 is 17.5 Å². The molecule has 1 atom stereocenters. The molecular formula is C14H22N2O4. The van der Waals surface area contributed by atoms with Crippen LogP contribution in [0, 0.1) is 0 Å². The first-order chi connectivity index (χ1) is 9.35. The average Bonchev–Trinajstić information content (AvgIpc) is 2.60. The van der Waals surface area contributed by atoms with Crippen molar-refractivity contribution < 1.29 is 19.5 Å². The van der Waals surface area contributed by atoms with Crippen molar-refractivity contribution in [3.63, 3.8) is 0 Å². The van der Waals surface area contributed by atoms with E-state index >= 15 is 0 Å². The van der Waals surface area contributed by atoms with Crippen LogP contribution in [0.25, 0.3) is 0 Å². The third kappa shape index (κ3) is 3.37. The molecule has 0 aromatic carbocycles. The van der Waals surface area contributed by atoms with Crippen molar-refractivity contribution in [2.24, 2.45) is 0 Å². The highest BCUT2D eigenvalue weighted by molar-refractivity contribution is 6.07. The number of amides is 3. The van der Waals surface area contributed by atoms with E-state index in [1.54, 1.807) is 13.8 Å². The number of hydrogen-bond donors (Lipinski definition) is 2. The van der Waals surface area contributed by atoms with Crippen LogP contribution in [-0.2, 0) is 9.59 Å². The number of carbonyl (C=O) groups excluding carboxylic acids is 2. The van der Waals surface area contributed by atoms with E-state index in [1.165, 1.54) is 6.08 Å². The lowest BCUT2D eigenvalue weighted by Crippen LogP contribution is -2.43. The van der Waals surface area contributed by atoms with Crippen molar-refractivity contribution in [1.29, 1.82) is 0 Å². The first kappa shape index (κ1) is 16.2. The van der Waals surface area contributed by atoms with Crippen LogP contribution in [0.1, 0.15) is 46.5 Å². The van der Waals surface area contributed by atoms with Crippen LogP contribution < -0.4 is 5.32 Å². The Morgan fingerprint density at radius 3 is 2.55 bits per heavy atom. The van der Waals surface area contributed by atoms with E-state index in [4.69, 9.17) is 5.11 Å². The fourth-order valence-electron chi connectivity index (χ4n) is 2.20. The van der Waals surface area contributed by atoms with Crippen LogP contribution >= 0.6 is 0 Å². The van der Waals surface area contributed by atoms with E-state index in [2.05, 4.69) is 5.32 Å². The van der Waals surface area contributed by atoms with E-state index in [-0.39, 0.29) is 18.0 Å². The van der Waals surface area contributed by atoms with Crippen molar-refractivity contribution in [3.05, 3.63) is 11.6 Å². The van der Waals surface area contributed by atoms with Gasteiger partial charge in [-0.15, -0.1) is 0 Å². The number of imide groups is 1. The largest absolute Gasteiger partial charge is 0.478 e. The van der Waals surface area contributed by atoms with E-state index in [0.717, 1.165) is 17.7 Å². The van der Waals surface area contributed by atoms with Gasteiger partial charge in [-0.2, -0.15) is 0 Å². The highest BCUT2D eigenvalue weighted by Gasteiger charge is 2.46. The zero-order valence-electron chi connectivity index (χ0n) is 12.2. The quantitative estimate of drug-likeness (QED) is 0.551. The SMILES string of the molecule is CCCCC1(C)NC(=O)N(CC=C(CC)C(=O)O)C1=O. The molecule has 1 unspecified atom stereocenters. The molecule has 6 nitrogen and oxygen atoms in total. The Hall–Kier alpha value is -1.85.